The van der Waals surface area contributed by atoms with Crippen LogP contribution in [0.25, 0.3) is 11.1 Å². The first-order valence-electron chi connectivity index (χ1n) is 11.8. The van der Waals surface area contributed by atoms with E-state index in [1.165, 1.54) is 28.3 Å². The van der Waals surface area contributed by atoms with Crippen LogP contribution in [0.4, 0.5) is 11.4 Å². The molecule has 0 saturated carbocycles. The summed E-state index contributed by atoms with van der Waals surface area (Å²) in [5.41, 5.74) is 8.95. The Morgan fingerprint density at radius 1 is 1.14 bits per heavy atom. The molecule has 36 heavy (non-hydrogen) atoms. The number of amides is 1. The normalized spacial score (nSPS) is 17.9. The second-order valence-corrected chi connectivity index (χ2v) is 9.29. The summed E-state index contributed by atoms with van der Waals surface area (Å²) in [6.07, 6.45) is 2.15. The van der Waals surface area contributed by atoms with Crippen molar-refractivity contribution in [2.24, 2.45) is 10.2 Å². The number of carbonyl (C=O) groups is 2. The van der Waals surface area contributed by atoms with Crippen LogP contribution in [0.2, 0.25) is 0 Å². The average molecular weight is 483 g/mol. The quantitative estimate of drug-likeness (QED) is 0.337. The Morgan fingerprint density at radius 3 is 2.72 bits per heavy atom. The van der Waals surface area contributed by atoms with Crippen LogP contribution in [0.3, 0.4) is 0 Å². The zero-order valence-electron chi connectivity index (χ0n) is 20.2. The predicted octanol–water partition coefficient (Wildman–Crippen LogP) is 5.31. The van der Waals surface area contributed by atoms with Gasteiger partial charge in [-0.25, -0.2) is 4.79 Å². The van der Waals surface area contributed by atoms with Gasteiger partial charge in [0.2, 0.25) is 0 Å². The molecule has 5 rings (SSSR count). The SMILES string of the molecule is CC1=NN(c2ccc3c(c2)C(C)CC3)C(=O)C1=NNc1cc(C)cc(-c2cccc(C(=O)O)c2)c1O. The van der Waals surface area contributed by atoms with Gasteiger partial charge in [0.15, 0.2) is 5.71 Å². The van der Waals surface area contributed by atoms with Gasteiger partial charge in [0.05, 0.1) is 22.6 Å². The molecule has 0 spiro atoms. The lowest BCUT2D eigenvalue weighted by molar-refractivity contribution is -0.112. The van der Waals surface area contributed by atoms with E-state index in [0.717, 1.165) is 18.4 Å². The fraction of sp³-hybridized carbons (Fsp3) is 0.214. The minimum absolute atomic E-state index is 0.100. The van der Waals surface area contributed by atoms with Crippen LogP contribution >= 0.6 is 0 Å². The van der Waals surface area contributed by atoms with Gasteiger partial charge < -0.3 is 10.2 Å². The van der Waals surface area contributed by atoms with Crippen LogP contribution in [0.15, 0.2) is 64.8 Å². The highest BCUT2D eigenvalue weighted by molar-refractivity contribution is 6.71. The molecule has 0 radical (unpaired) electrons. The van der Waals surface area contributed by atoms with E-state index in [0.29, 0.717) is 34.1 Å². The van der Waals surface area contributed by atoms with Gasteiger partial charge in [-0.1, -0.05) is 25.1 Å². The van der Waals surface area contributed by atoms with Crippen molar-refractivity contribution >= 4 is 34.7 Å². The lowest BCUT2D eigenvalue weighted by atomic mass is 9.99. The topological polar surface area (TPSA) is 115 Å². The van der Waals surface area contributed by atoms with Crippen LogP contribution in [-0.2, 0) is 11.2 Å². The predicted molar refractivity (Wildman–Crippen MR) is 140 cm³/mol. The van der Waals surface area contributed by atoms with Crippen LogP contribution in [0.1, 0.15) is 53.2 Å². The van der Waals surface area contributed by atoms with Gasteiger partial charge in [0, 0.05) is 5.56 Å². The molecule has 0 fully saturated rings. The first kappa shape index (κ1) is 23.3. The Hall–Kier alpha value is -4.46. The summed E-state index contributed by atoms with van der Waals surface area (Å²) in [5.74, 6) is -1.05. The lowest BCUT2D eigenvalue weighted by Crippen LogP contribution is -2.28. The molecule has 0 bridgehead atoms. The Bertz CT molecular complexity index is 1470. The molecule has 3 N–H and O–H groups in total. The number of nitrogens with zero attached hydrogens (tertiary/aromatic N) is 3. The number of carboxylic acids is 1. The standard InChI is InChI=1S/C28H26N4O4/c1-15-11-23(19-5-4-6-20(13-19)28(35)36)26(33)24(12-15)29-30-25-17(3)31-32(27(25)34)21-10-9-18-8-7-16(2)22(18)14-21/h4-6,9-14,16,29,33H,7-8H2,1-3H3,(H,35,36). The van der Waals surface area contributed by atoms with E-state index in [2.05, 4.69) is 28.6 Å². The van der Waals surface area contributed by atoms with Gasteiger partial charge in [0.25, 0.3) is 0 Å². The van der Waals surface area contributed by atoms with Crippen molar-refractivity contribution in [2.45, 2.75) is 39.5 Å². The number of hydrazone groups is 2. The summed E-state index contributed by atoms with van der Waals surface area (Å²) in [7, 11) is 0. The number of aryl methyl sites for hydroxylation is 2. The van der Waals surface area contributed by atoms with Crippen LogP contribution in [0, 0.1) is 6.92 Å². The van der Waals surface area contributed by atoms with Gasteiger partial charge in [-0.15, -0.1) is 0 Å². The number of benzene rings is 3. The highest BCUT2D eigenvalue weighted by Gasteiger charge is 2.32. The molecule has 0 aromatic heterocycles. The molecular formula is C28H26N4O4. The first-order chi connectivity index (χ1) is 17.2. The number of phenols is 1. The highest BCUT2D eigenvalue weighted by Crippen LogP contribution is 2.38. The number of hydrogen-bond acceptors (Lipinski definition) is 6. The van der Waals surface area contributed by atoms with Gasteiger partial charge in [-0.3, -0.25) is 10.2 Å². The van der Waals surface area contributed by atoms with Gasteiger partial charge >= 0.3 is 11.9 Å². The first-order valence-corrected chi connectivity index (χ1v) is 11.8. The number of aromatic carboxylic acids is 1. The summed E-state index contributed by atoms with van der Waals surface area (Å²) in [6, 6.07) is 15.8. The van der Waals surface area contributed by atoms with E-state index in [4.69, 9.17) is 0 Å². The van der Waals surface area contributed by atoms with Gasteiger partial charge in [0.1, 0.15) is 5.75 Å². The maximum absolute atomic E-state index is 13.2. The van der Waals surface area contributed by atoms with Crippen LogP contribution in [0.5, 0.6) is 5.75 Å². The maximum Gasteiger partial charge on any atom is 0.335 e. The fourth-order valence-electron chi connectivity index (χ4n) is 4.75. The molecule has 1 amide bonds. The Labute approximate surface area is 208 Å². The molecule has 0 saturated heterocycles. The van der Waals surface area contributed by atoms with Crippen LogP contribution < -0.4 is 10.4 Å². The molecule has 3 aromatic carbocycles. The molecule has 1 atom stereocenters. The molecule has 1 aliphatic carbocycles. The third-order valence-corrected chi connectivity index (χ3v) is 6.70. The van der Waals surface area contributed by atoms with E-state index in [1.807, 2.05) is 19.1 Å². The molecule has 1 aliphatic heterocycles. The lowest BCUT2D eigenvalue weighted by Gasteiger charge is -2.14. The molecule has 182 valence electrons. The minimum atomic E-state index is -1.05. The summed E-state index contributed by atoms with van der Waals surface area (Å²) < 4.78 is 0. The molecule has 2 aliphatic rings. The Balaban J connectivity index is 1.43. The molecule has 8 heteroatoms. The molecule has 3 aromatic rings. The maximum atomic E-state index is 13.2. The van der Waals surface area contributed by atoms with Crippen molar-refractivity contribution in [2.75, 3.05) is 10.4 Å². The van der Waals surface area contributed by atoms with Gasteiger partial charge in [-0.2, -0.15) is 15.2 Å². The molecule has 8 nitrogen and oxygen atoms in total. The Morgan fingerprint density at radius 2 is 1.94 bits per heavy atom. The number of aromatic hydroxyl groups is 1. The zero-order chi connectivity index (χ0) is 25.6. The van der Waals surface area contributed by atoms with E-state index < -0.39 is 5.97 Å². The Kier molecular flexibility index (Phi) is 5.80. The molecule has 1 unspecified atom stereocenters. The molecular weight excluding hydrogens is 456 g/mol. The van der Waals surface area contributed by atoms with Crippen molar-refractivity contribution in [3.8, 4) is 16.9 Å². The van der Waals surface area contributed by atoms with E-state index in [9.17, 15) is 19.8 Å². The van der Waals surface area contributed by atoms with E-state index >= 15 is 0 Å². The molecule has 1 heterocycles. The van der Waals surface area contributed by atoms with Crippen molar-refractivity contribution in [1.82, 2.24) is 0 Å². The van der Waals surface area contributed by atoms with Crippen molar-refractivity contribution < 1.29 is 19.8 Å². The smallest absolute Gasteiger partial charge is 0.335 e. The van der Waals surface area contributed by atoms with Crippen molar-refractivity contribution in [1.29, 1.82) is 0 Å². The number of carbonyl (C=O) groups excluding carboxylic acids is 1. The summed E-state index contributed by atoms with van der Waals surface area (Å²) in [5, 5.41) is 30.3. The number of rotatable bonds is 5. The number of nitrogens with one attached hydrogen (secondary N) is 1. The second kappa shape index (κ2) is 8.96. The third kappa shape index (κ3) is 4.11. The number of hydrogen-bond donors (Lipinski definition) is 3. The third-order valence-electron chi connectivity index (χ3n) is 6.70. The van der Waals surface area contributed by atoms with Crippen molar-refractivity contribution in [3.05, 3.63) is 76.9 Å². The number of fused-ring (bicyclic) bond motifs is 1. The highest BCUT2D eigenvalue weighted by atomic mass is 16.4. The van der Waals surface area contributed by atoms with Gasteiger partial charge in [-0.05, 0) is 91.3 Å². The summed E-state index contributed by atoms with van der Waals surface area (Å²) >= 11 is 0. The number of anilines is 2. The monoisotopic (exact) mass is 482 g/mol. The average Bonchev–Trinajstić information content (AvgIpc) is 3.37. The number of phenolic OH excluding ortho intramolecular Hbond substituents is 1. The van der Waals surface area contributed by atoms with Crippen LogP contribution in [-0.4, -0.2) is 33.5 Å². The summed E-state index contributed by atoms with van der Waals surface area (Å²) in [6.45, 7) is 5.76. The number of carboxylic acid groups (broad SMARTS) is 1. The largest absolute Gasteiger partial charge is 0.505 e. The van der Waals surface area contributed by atoms with Crippen molar-refractivity contribution in [3.63, 3.8) is 0 Å². The summed E-state index contributed by atoms with van der Waals surface area (Å²) in [4.78, 5) is 24.6. The second-order valence-electron chi connectivity index (χ2n) is 9.29. The zero-order valence-corrected chi connectivity index (χ0v) is 20.2. The van der Waals surface area contributed by atoms with E-state index in [-0.39, 0.29) is 22.9 Å². The van der Waals surface area contributed by atoms with E-state index in [1.54, 1.807) is 31.2 Å². The fourth-order valence-corrected chi connectivity index (χ4v) is 4.75. The minimum Gasteiger partial charge on any atom is -0.505 e.